The van der Waals surface area contributed by atoms with E-state index in [9.17, 15) is 13.2 Å². The van der Waals surface area contributed by atoms with Gasteiger partial charge in [-0.25, -0.2) is 8.42 Å². The van der Waals surface area contributed by atoms with Gasteiger partial charge in [0.1, 0.15) is 0 Å². The lowest BCUT2D eigenvalue weighted by atomic mass is 10.1. The summed E-state index contributed by atoms with van der Waals surface area (Å²) in [4.78, 5) is 17.3. The molecule has 2 aromatic carbocycles. The number of nitrogens with zero attached hydrogens (tertiary/aromatic N) is 2. The highest BCUT2D eigenvalue weighted by Crippen LogP contribution is 2.24. The normalized spacial score (nSPS) is 15.6. The number of hydrogen-bond acceptors (Lipinski definition) is 5. The van der Waals surface area contributed by atoms with Crippen LogP contribution in [0.5, 0.6) is 0 Å². The summed E-state index contributed by atoms with van der Waals surface area (Å²) in [7, 11) is -1.14. The van der Waals surface area contributed by atoms with Crippen LogP contribution >= 0.6 is 0 Å². The number of nitrogens with one attached hydrogen (secondary N) is 1. The highest BCUT2D eigenvalue weighted by molar-refractivity contribution is 7.90. The second-order valence-electron chi connectivity index (χ2n) is 7.04. The van der Waals surface area contributed by atoms with Crippen molar-refractivity contribution in [2.45, 2.75) is 11.8 Å². The molecular formula is C20H25N3O3S. The average Bonchev–Trinajstić information content (AvgIpc) is 2.63. The van der Waals surface area contributed by atoms with Gasteiger partial charge in [-0.3, -0.25) is 4.79 Å². The van der Waals surface area contributed by atoms with Crippen LogP contribution in [-0.2, 0) is 9.84 Å². The van der Waals surface area contributed by atoms with Crippen molar-refractivity contribution >= 4 is 27.1 Å². The van der Waals surface area contributed by atoms with Crippen LogP contribution in [0.15, 0.2) is 47.4 Å². The molecule has 3 rings (SSSR count). The molecule has 0 aliphatic carbocycles. The number of likely N-dealkylation sites (N-methyl/N-ethyl adjacent to an activating group) is 1. The van der Waals surface area contributed by atoms with Gasteiger partial charge < -0.3 is 15.1 Å². The predicted molar refractivity (Wildman–Crippen MR) is 108 cm³/mol. The molecule has 2 aromatic rings. The molecule has 1 aliphatic heterocycles. The van der Waals surface area contributed by atoms with Gasteiger partial charge in [0.15, 0.2) is 9.84 Å². The number of benzene rings is 2. The molecular weight excluding hydrogens is 362 g/mol. The summed E-state index contributed by atoms with van der Waals surface area (Å²) in [6.45, 7) is 6.05. The van der Waals surface area contributed by atoms with Gasteiger partial charge in [-0.15, -0.1) is 0 Å². The van der Waals surface area contributed by atoms with Gasteiger partial charge in [-0.1, -0.05) is 0 Å². The zero-order valence-electron chi connectivity index (χ0n) is 15.9. The molecule has 1 aliphatic rings. The van der Waals surface area contributed by atoms with Crippen LogP contribution in [0.3, 0.4) is 0 Å². The summed E-state index contributed by atoms with van der Waals surface area (Å²) in [6.07, 6.45) is 1.15. The molecule has 7 heteroatoms. The van der Waals surface area contributed by atoms with Crippen LogP contribution in [0, 0.1) is 6.92 Å². The quantitative estimate of drug-likeness (QED) is 0.872. The van der Waals surface area contributed by atoms with E-state index in [0.717, 1.165) is 49.4 Å². The lowest BCUT2D eigenvalue weighted by Crippen LogP contribution is -2.44. The number of piperazine rings is 1. The Bertz CT molecular complexity index is 931. The predicted octanol–water partition coefficient (Wildman–Crippen LogP) is 2.40. The molecule has 1 fully saturated rings. The van der Waals surface area contributed by atoms with Crippen molar-refractivity contribution in [2.24, 2.45) is 0 Å². The number of aryl methyl sites for hydroxylation is 1. The van der Waals surface area contributed by atoms with Gasteiger partial charge in [0, 0.05) is 49.4 Å². The largest absolute Gasteiger partial charge is 0.369 e. The molecule has 0 unspecified atom stereocenters. The number of anilines is 2. The Labute approximate surface area is 160 Å². The topological polar surface area (TPSA) is 69.7 Å². The van der Waals surface area contributed by atoms with Gasteiger partial charge in [0.05, 0.1) is 4.90 Å². The molecule has 0 radical (unpaired) electrons. The maximum atomic E-state index is 12.5. The fourth-order valence-corrected chi connectivity index (χ4v) is 3.73. The molecule has 1 N–H and O–H groups in total. The number of hydrogen-bond donors (Lipinski definition) is 1. The van der Waals surface area contributed by atoms with Crippen LogP contribution in [0.1, 0.15) is 15.9 Å². The average molecular weight is 388 g/mol. The van der Waals surface area contributed by atoms with E-state index in [4.69, 9.17) is 0 Å². The summed E-state index contributed by atoms with van der Waals surface area (Å²) in [6, 6.07) is 12.0. The third kappa shape index (κ3) is 4.67. The van der Waals surface area contributed by atoms with Crippen molar-refractivity contribution in [3.63, 3.8) is 0 Å². The van der Waals surface area contributed by atoms with Crippen molar-refractivity contribution in [3.05, 3.63) is 53.6 Å². The molecule has 1 saturated heterocycles. The van der Waals surface area contributed by atoms with Crippen LogP contribution in [0.2, 0.25) is 0 Å². The smallest absolute Gasteiger partial charge is 0.255 e. The Morgan fingerprint density at radius 3 is 2.19 bits per heavy atom. The van der Waals surface area contributed by atoms with E-state index in [-0.39, 0.29) is 10.8 Å². The number of amides is 1. The van der Waals surface area contributed by atoms with Gasteiger partial charge >= 0.3 is 0 Å². The summed E-state index contributed by atoms with van der Waals surface area (Å²) in [5, 5.41) is 2.91. The first-order valence-electron chi connectivity index (χ1n) is 8.89. The van der Waals surface area contributed by atoms with E-state index in [2.05, 4.69) is 28.2 Å². The molecule has 6 nitrogen and oxygen atoms in total. The van der Waals surface area contributed by atoms with Crippen molar-refractivity contribution in [2.75, 3.05) is 49.7 Å². The van der Waals surface area contributed by atoms with E-state index in [1.54, 1.807) is 0 Å². The molecule has 0 bridgehead atoms. The summed E-state index contributed by atoms with van der Waals surface area (Å²) in [5.41, 5.74) is 3.33. The first kappa shape index (κ1) is 19.4. The molecule has 27 heavy (non-hydrogen) atoms. The Balaban J connectivity index is 1.71. The lowest BCUT2D eigenvalue weighted by Gasteiger charge is -2.34. The second kappa shape index (κ2) is 7.70. The minimum atomic E-state index is -3.27. The lowest BCUT2D eigenvalue weighted by molar-refractivity contribution is 0.102. The zero-order valence-corrected chi connectivity index (χ0v) is 16.7. The first-order valence-corrected chi connectivity index (χ1v) is 10.8. The van der Waals surface area contributed by atoms with Gasteiger partial charge in [0.2, 0.25) is 0 Å². The molecule has 0 atom stereocenters. The molecule has 0 aromatic heterocycles. The van der Waals surface area contributed by atoms with Gasteiger partial charge in [-0.2, -0.15) is 0 Å². The number of carbonyl (C=O) groups is 1. The van der Waals surface area contributed by atoms with Crippen molar-refractivity contribution < 1.29 is 13.2 Å². The van der Waals surface area contributed by atoms with Crippen LogP contribution in [0.25, 0.3) is 0 Å². The van der Waals surface area contributed by atoms with E-state index in [1.165, 1.54) is 24.3 Å². The van der Waals surface area contributed by atoms with Crippen molar-refractivity contribution in [1.82, 2.24) is 4.90 Å². The van der Waals surface area contributed by atoms with Crippen molar-refractivity contribution in [1.29, 1.82) is 0 Å². The van der Waals surface area contributed by atoms with Gasteiger partial charge in [0.25, 0.3) is 5.91 Å². The standard InChI is InChI=1S/C20H25N3O3S/c1-15-14-17(23-12-10-22(2)11-13-23)6-9-19(15)21-20(24)16-4-7-18(8-5-16)27(3,25)26/h4-9,14H,10-13H2,1-3H3,(H,21,24). The van der Waals surface area contributed by atoms with E-state index in [0.29, 0.717) is 5.56 Å². The minimum Gasteiger partial charge on any atom is -0.369 e. The molecule has 1 amide bonds. The molecule has 0 spiro atoms. The maximum Gasteiger partial charge on any atom is 0.255 e. The van der Waals surface area contributed by atoms with E-state index < -0.39 is 9.84 Å². The van der Waals surface area contributed by atoms with Crippen molar-refractivity contribution in [3.8, 4) is 0 Å². The van der Waals surface area contributed by atoms with E-state index in [1.807, 2.05) is 19.1 Å². The SMILES string of the molecule is Cc1cc(N2CCN(C)CC2)ccc1NC(=O)c1ccc(S(C)(=O)=O)cc1. The highest BCUT2D eigenvalue weighted by atomic mass is 32.2. The summed E-state index contributed by atoms with van der Waals surface area (Å²) in [5.74, 6) is -0.259. The summed E-state index contributed by atoms with van der Waals surface area (Å²) >= 11 is 0. The van der Waals surface area contributed by atoms with Gasteiger partial charge in [-0.05, 0) is 62.0 Å². The minimum absolute atomic E-state index is 0.201. The number of sulfone groups is 1. The maximum absolute atomic E-state index is 12.5. The Hall–Kier alpha value is -2.38. The van der Waals surface area contributed by atoms with Crippen LogP contribution in [-0.4, -0.2) is 58.7 Å². The Morgan fingerprint density at radius 1 is 1.00 bits per heavy atom. The summed E-state index contributed by atoms with van der Waals surface area (Å²) < 4.78 is 23.0. The molecule has 0 saturated carbocycles. The fourth-order valence-electron chi connectivity index (χ4n) is 3.10. The van der Waals surface area contributed by atoms with Crippen LogP contribution in [0.4, 0.5) is 11.4 Å². The third-order valence-corrected chi connectivity index (χ3v) is 6.00. The Morgan fingerprint density at radius 2 is 1.63 bits per heavy atom. The van der Waals surface area contributed by atoms with Crippen LogP contribution < -0.4 is 10.2 Å². The Kier molecular flexibility index (Phi) is 5.53. The zero-order chi connectivity index (χ0) is 19.6. The third-order valence-electron chi connectivity index (χ3n) is 4.87. The molecule has 1 heterocycles. The number of rotatable bonds is 4. The number of carbonyl (C=O) groups excluding carboxylic acids is 1. The first-order chi connectivity index (χ1) is 12.7. The second-order valence-corrected chi connectivity index (χ2v) is 9.06. The monoisotopic (exact) mass is 387 g/mol. The van der Waals surface area contributed by atoms with E-state index >= 15 is 0 Å². The highest BCUT2D eigenvalue weighted by Gasteiger charge is 2.16. The molecule has 144 valence electrons. The fraction of sp³-hybridized carbons (Fsp3) is 0.350.